The number of thioether (sulfide) groups is 1. The van der Waals surface area contributed by atoms with Gasteiger partial charge in [-0.15, -0.1) is 11.8 Å². The molecular weight excluding hydrogens is 244 g/mol. The summed E-state index contributed by atoms with van der Waals surface area (Å²) < 4.78 is 22.5. The molecule has 0 aliphatic carbocycles. The van der Waals surface area contributed by atoms with Gasteiger partial charge < -0.3 is 0 Å². The van der Waals surface area contributed by atoms with Gasteiger partial charge in [0.25, 0.3) is 0 Å². The van der Waals surface area contributed by atoms with Crippen molar-refractivity contribution < 1.29 is 13.2 Å². The van der Waals surface area contributed by atoms with Crippen LogP contribution in [0.1, 0.15) is 16.8 Å². The van der Waals surface area contributed by atoms with Crippen LogP contribution in [0.3, 0.4) is 0 Å². The molecule has 0 radical (unpaired) electrons. The molecule has 1 unspecified atom stereocenters. The molecule has 1 aliphatic heterocycles. The van der Waals surface area contributed by atoms with Gasteiger partial charge in [-0.1, -0.05) is 12.1 Å². The molecule has 0 spiro atoms. The molecule has 1 aliphatic rings. The minimum absolute atomic E-state index is 0.159. The molecule has 86 valence electrons. The predicted octanol–water partition coefficient (Wildman–Crippen LogP) is 1.78. The van der Waals surface area contributed by atoms with Crippen molar-refractivity contribution in [2.75, 3.05) is 11.5 Å². The SMILES string of the molecule is O=Cc1ccc(SC2CCS(=O)(=O)C2)cc1. The Morgan fingerprint density at radius 2 is 1.94 bits per heavy atom. The molecule has 3 nitrogen and oxygen atoms in total. The number of carbonyl (C=O) groups is 1. The number of benzene rings is 1. The highest BCUT2D eigenvalue weighted by atomic mass is 32.2. The Balaban J connectivity index is 2.02. The smallest absolute Gasteiger partial charge is 0.151 e. The highest BCUT2D eigenvalue weighted by molar-refractivity contribution is 8.01. The van der Waals surface area contributed by atoms with Crippen molar-refractivity contribution in [1.29, 1.82) is 0 Å². The van der Waals surface area contributed by atoms with Crippen LogP contribution in [-0.2, 0) is 9.84 Å². The number of hydrogen-bond acceptors (Lipinski definition) is 4. The van der Waals surface area contributed by atoms with Gasteiger partial charge in [-0.3, -0.25) is 4.79 Å². The van der Waals surface area contributed by atoms with E-state index in [4.69, 9.17) is 0 Å². The van der Waals surface area contributed by atoms with Crippen molar-refractivity contribution in [3.05, 3.63) is 29.8 Å². The molecule has 1 fully saturated rings. The molecule has 0 aromatic heterocycles. The fourth-order valence-corrected chi connectivity index (χ4v) is 5.17. The third-order valence-electron chi connectivity index (χ3n) is 2.51. The van der Waals surface area contributed by atoms with Crippen LogP contribution in [-0.4, -0.2) is 31.5 Å². The van der Waals surface area contributed by atoms with Crippen molar-refractivity contribution >= 4 is 27.9 Å². The van der Waals surface area contributed by atoms with E-state index < -0.39 is 9.84 Å². The Bertz CT molecular complexity index is 476. The summed E-state index contributed by atoms with van der Waals surface area (Å²) in [5.74, 6) is 0.574. The number of aldehydes is 1. The van der Waals surface area contributed by atoms with Gasteiger partial charge in [0.2, 0.25) is 0 Å². The molecule has 1 saturated heterocycles. The van der Waals surface area contributed by atoms with E-state index >= 15 is 0 Å². The van der Waals surface area contributed by atoms with Crippen molar-refractivity contribution in [2.24, 2.45) is 0 Å². The first-order valence-corrected chi connectivity index (χ1v) is 7.71. The van der Waals surface area contributed by atoms with Crippen LogP contribution in [0.4, 0.5) is 0 Å². The van der Waals surface area contributed by atoms with Crippen LogP contribution in [0.15, 0.2) is 29.2 Å². The van der Waals surface area contributed by atoms with Gasteiger partial charge in [0.15, 0.2) is 9.84 Å². The highest BCUT2D eigenvalue weighted by Crippen LogP contribution is 2.30. The van der Waals surface area contributed by atoms with Crippen molar-refractivity contribution in [3.63, 3.8) is 0 Å². The summed E-state index contributed by atoms with van der Waals surface area (Å²) in [6.07, 6.45) is 1.52. The molecule has 1 atom stereocenters. The van der Waals surface area contributed by atoms with Gasteiger partial charge in [-0.25, -0.2) is 8.42 Å². The molecule has 1 heterocycles. The summed E-state index contributed by atoms with van der Waals surface area (Å²) in [5, 5.41) is 0.159. The standard InChI is InChI=1S/C11H12O3S2/c12-7-9-1-3-10(4-2-9)15-11-5-6-16(13,14)8-11/h1-4,7,11H,5-6,8H2. The fourth-order valence-electron chi connectivity index (χ4n) is 1.67. The normalized spacial score (nSPS) is 23.1. The summed E-state index contributed by atoms with van der Waals surface area (Å²) in [6.45, 7) is 0. The van der Waals surface area contributed by atoms with Crippen molar-refractivity contribution in [3.8, 4) is 0 Å². The predicted molar refractivity (Wildman–Crippen MR) is 64.7 cm³/mol. The first kappa shape index (κ1) is 11.7. The van der Waals surface area contributed by atoms with Gasteiger partial charge in [0.1, 0.15) is 6.29 Å². The highest BCUT2D eigenvalue weighted by Gasteiger charge is 2.28. The van der Waals surface area contributed by atoms with E-state index in [1.807, 2.05) is 12.1 Å². The molecule has 16 heavy (non-hydrogen) atoms. The van der Waals surface area contributed by atoms with E-state index in [0.717, 1.165) is 17.6 Å². The minimum atomic E-state index is -2.81. The minimum Gasteiger partial charge on any atom is -0.298 e. The number of sulfone groups is 1. The second kappa shape index (κ2) is 4.59. The molecular formula is C11H12O3S2. The topological polar surface area (TPSA) is 51.2 Å². The molecule has 1 aromatic rings. The van der Waals surface area contributed by atoms with Crippen LogP contribution in [0.2, 0.25) is 0 Å². The van der Waals surface area contributed by atoms with E-state index in [9.17, 15) is 13.2 Å². The maximum absolute atomic E-state index is 11.3. The molecule has 1 aromatic carbocycles. The lowest BCUT2D eigenvalue weighted by Gasteiger charge is -2.06. The Morgan fingerprint density at radius 1 is 1.25 bits per heavy atom. The zero-order chi connectivity index (χ0) is 11.6. The summed E-state index contributed by atoms with van der Waals surface area (Å²) in [5.41, 5.74) is 0.642. The van der Waals surface area contributed by atoms with E-state index in [-0.39, 0.29) is 11.0 Å². The quantitative estimate of drug-likeness (QED) is 0.774. The summed E-state index contributed by atoms with van der Waals surface area (Å²) in [4.78, 5) is 11.5. The Hall–Kier alpha value is -0.810. The van der Waals surface area contributed by atoms with E-state index in [2.05, 4.69) is 0 Å². The monoisotopic (exact) mass is 256 g/mol. The second-order valence-corrected chi connectivity index (χ2v) is 7.43. The number of hydrogen-bond donors (Lipinski definition) is 0. The first-order chi connectivity index (χ1) is 7.59. The second-order valence-electron chi connectivity index (χ2n) is 3.83. The van der Waals surface area contributed by atoms with Gasteiger partial charge in [-0.2, -0.15) is 0 Å². The Kier molecular flexibility index (Phi) is 3.35. The third kappa shape index (κ3) is 2.86. The van der Waals surface area contributed by atoms with Gasteiger partial charge in [0.05, 0.1) is 11.5 Å². The lowest BCUT2D eigenvalue weighted by molar-refractivity contribution is 0.112. The average molecular weight is 256 g/mol. The zero-order valence-electron chi connectivity index (χ0n) is 8.63. The maximum atomic E-state index is 11.3. The van der Waals surface area contributed by atoms with Crippen molar-refractivity contribution in [1.82, 2.24) is 0 Å². The van der Waals surface area contributed by atoms with E-state index in [0.29, 0.717) is 11.3 Å². The van der Waals surface area contributed by atoms with Gasteiger partial charge >= 0.3 is 0 Å². The first-order valence-electron chi connectivity index (χ1n) is 5.01. The van der Waals surface area contributed by atoms with Gasteiger partial charge in [-0.05, 0) is 18.6 Å². The van der Waals surface area contributed by atoms with Crippen LogP contribution >= 0.6 is 11.8 Å². The lowest BCUT2D eigenvalue weighted by atomic mass is 10.2. The molecule has 0 bridgehead atoms. The third-order valence-corrected chi connectivity index (χ3v) is 5.77. The lowest BCUT2D eigenvalue weighted by Crippen LogP contribution is -2.05. The van der Waals surface area contributed by atoms with E-state index in [1.54, 1.807) is 23.9 Å². The van der Waals surface area contributed by atoms with Crippen LogP contribution < -0.4 is 0 Å². The number of carbonyl (C=O) groups excluding carboxylic acids is 1. The number of rotatable bonds is 3. The molecule has 0 N–H and O–H groups in total. The van der Waals surface area contributed by atoms with E-state index in [1.165, 1.54) is 0 Å². The summed E-state index contributed by atoms with van der Waals surface area (Å²) >= 11 is 1.58. The molecule has 0 amide bonds. The largest absolute Gasteiger partial charge is 0.298 e. The van der Waals surface area contributed by atoms with Crippen LogP contribution in [0, 0.1) is 0 Å². The maximum Gasteiger partial charge on any atom is 0.151 e. The Morgan fingerprint density at radius 3 is 2.44 bits per heavy atom. The Labute approximate surface area is 99.2 Å². The van der Waals surface area contributed by atoms with Crippen molar-refractivity contribution in [2.45, 2.75) is 16.6 Å². The zero-order valence-corrected chi connectivity index (χ0v) is 10.3. The van der Waals surface area contributed by atoms with Crippen LogP contribution in [0.5, 0.6) is 0 Å². The molecule has 0 saturated carbocycles. The molecule has 2 rings (SSSR count). The molecule has 5 heteroatoms. The summed E-state index contributed by atoms with van der Waals surface area (Å²) in [6, 6.07) is 7.22. The fraction of sp³-hybridized carbons (Fsp3) is 0.364. The van der Waals surface area contributed by atoms with Gasteiger partial charge in [0, 0.05) is 15.7 Å². The average Bonchev–Trinajstić information content (AvgIpc) is 2.59. The summed E-state index contributed by atoms with van der Waals surface area (Å²) in [7, 11) is -2.81. The van der Waals surface area contributed by atoms with Crippen LogP contribution in [0.25, 0.3) is 0 Å².